The van der Waals surface area contributed by atoms with Crippen molar-refractivity contribution in [3.8, 4) is 0 Å². The molecular weight excluding hydrogens is 278 g/mol. The van der Waals surface area contributed by atoms with Gasteiger partial charge in [0.15, 0.2) is 0 Å². The fourth-order valence-electron chi connectivity index (χ4n) is 2.63. The topological polar surface area (TPSA) is 12.0 Å². The van der Waals surface area contributed by atoms with Crippen molar-refractivity contribution in [2.45, 2.75) is 13.8 Å². The molecule has 0 aliphatic heterocycles. The van der Waals surface area contributed by atoms with Crippen LogP contribution in [0.2, 0.25) is 0 Å². The van der Waals surface area contributed by atoms with E-state index < -0.39 is 0 Å². The predicted molar refractivity (Wildman–Crippen MR) is 101 cm³/mol. The Labute approximate surface area is 138 Å². The molecule has 0 atom stereocenters. The van der Waals surface area contributed by atoms with Gasteiger partial charge in [-0.2, -0.15) is 0 Å². The SMILES string of the molecule is Cc1cccc(C)c1Nc1cccc(C=Cc2ccccc2)c1. The molecule has 3 rings (SSSR count). The highest BCUT2D eigenvalue weighted by atomic mass is 14.9. The molecule has 0 saturated heterocycles. The molecule has 0 saturated carbocycles. The summed E-state index contributed by atoms with van der Waals surface area (Å²) in [6, 6.07) is 25.2. The molecule has 23 heavy (non-hydrogen) atoms. The molecule has 0 radical (unpaired) electrons. The highest BCUT2D eigenvalue weighted by molar-refractivity contribution is 5.73. The van der Waals surface area contributed by atoms with Gasteiger partial charge in [0, 0.05) is 11.4 Å². The highest BCUT2D eigenvalue weighted by Crippen LogP contribution is 2.25. The number of hydrogen-bond donors (Lipinski definition) is 1. The normalized spacial score (nSPS) is 10.9. The van der Waals surface area contributed by atoms with Gasteiger partial charge < -0.3 is 5.32 Å². The standard InChI is InChI=1S/C22H21N/c1-17-8-6-9-18(2)22(17)23-21-13-7-12-20(16-21)15-14-19-10-4-3-5-11-19/h3-16,23H,1-2H3. The van der Waals surface area contributed by atoms with Crippen LogP contribution in [0.25, 0.3) is 12.2 Å². The van der Waals surface area contributed by atoms with E-state index in [0.717, 1.165) is 5.69 Å². The highest BCUT2D eigenvalue weighted by Gasteiger charge is 2.02. The van der Waals surface area contributed by atoms with Crippen LogP contribution in [-0.4, -0.2) is 0 Å². The van der Waals surface area contributed by atoms with E-state index in [4.69, 9.17) is 0 Å². The van der Waals surface area contributed by atoms with Gasteiger partial charge in [-0.1, -0.05) is 72.8 Å². The minimum Gasteiger partial charge on any atom is -0.355 e. The Morgan fingerprint density at radius 1 is 0.652 bits per heavy atom. The van der Waals surface area contributed by atoms with E-state index >= 15 is 0 Å². The lowest BCUT2D eigenvalue weighted by atomic mass is 10.1. The predicted octanol–water partition coefficient (Wildman–Crippen LogP) is 6.22. The zero-order valence-electron chi connectivity index (χ0n) is 13.6. The molecule has 3 aromatic rings. The van der Waals surface area contributed by atoms with Crippen LogP contribution in [0.5, 0.6) is 0 Å². The van der Waals surface area contributed by atoms with Crippen LogP contribution in [0.15, 0.2) is 72.8 Å². The Kier molecular flexibility index (Phi) is 4.58. The molecule has 0 unspecified atom stereocenters. The maximum atomic E-state index is 3.55. The van der Waals surface area contributed by atoms with E-state index in [2.05, 4.69) is 98.0 Å². The number of hydrogen-bond acceptors (Lipinski definition) is 1. The molecule has 0 aromatic heterocycles. The van der Waals surface area contributed by atoms with Gasteiger partial charge in [0.2, 0.25) is 0 Å². The van der Waals surface area contributed by atoms with Gasteiger partial charge in [-0.15, -0.1) is 0 Å². The van der Waals surface area contributed by atoms with Crippen molar-refractivity contribution in [2.24, 2.45) is 0 Å². The second-order valence-electron chi connectivity index (χ2n) is 5.76. The van der Waals surface area contributed by atoms with Crippen LogP contribution < -0.4 is 5.32 Å². The summed E-state index contributed by atoms with van der Waals surface area (Å²) in [5.41, 5.74) is 7.21. The first kappa shape index (κ1) is 15.1. The van der Waals surface area contributed by atoms with Crippen molar-refractivity contribution in [3.05, 3.63) is 95.1 Å². The molecule has 0 amide bonds. The lowest BCUT2D eigenvalue weighted by Crippen LogP contribution is -1.96. The maximum Gasteiger partial charge on any atom is 0.0443 e. The molecule has 114 valence electrons. The Balaban J connectivity index is 1.82. The summed E-state index contributed by atoms with van der Waals surface area (Å²) < 4.78 is 0. The molecular formula is C22H21N. The monoisotopic (exact) mass is 299 g/mol. The third kappa shape index (κ3) is 3.89. The minimum atomic E-state index is 1.11. The number of anilines is 2. The van der Waals surface area contributed by atoms with Gasteiger partial charge in [0.25, 0.3) is 0 Å². The summed E-state index contributed by atoms with van der Waals surface area (Å²) in [7, 11) is 0. The molecule has 0 fully saturated rings. The molecule has 0 bridgehead atoms. The Morgan fingerprint density at radius 2 is 1.26 bits per heavy atom. The second-order valence-corrected chi connectivity index (χ2v) is 5.76. The van der Waals surface area contributed by atoms with Crippen molar-refractivity contribution in [1.29, 1.82) is 0 Å². The van der Waals surface area contributed by atoms with E-state index in [-0.39, 0.29) is 0 Å². The van der Waals surface area contributed by atoms with Crippen molar-refractivity contribution >= 4 is 23.5 Å². The summed E-state index contributed by atoms with van der Waals surface area (Å²) in [5, 5.41) is 3.55. The van der Waals surface area contributed by atoms with Crippen molar-refractivity contribution in [3.63, 3.8) is 0 Å². The van der Waals surface area contributed by atoms with Crippen molar-refractivity contribution in [2.75, 3.05) is 5.32 Å². The summed E-state index contributed by atoms with van der Waals surface area (Å²) >= 11 is 0. The van der Waals surface area contributed by atoms with Crippen LogP contribution >= 0.6 is 0 Å². The number of rotatable bonds is 4. The van der Waals surface area contributed by atoms with Crippen molar-refractivity contribution < 1.29 is 0 Å². The quantitative estimate of drug-likeness (QED) is 0.564. The van der Waals surface area contributed by atoms with Crippen LogP contribution in [0.3, 0.4) is 0 Å². The molecule has 3 aromatic carbocycles. The van der Waals surface area contributed by atoms with Crippen LogP contribution in [-0.2, 0) is 0 Å². The third-order valence-corrected chi connectivity index (χ3v) is 3.90. The maximum absolute atomic E-state index is 3.55. The zero-order valence-corrected chi connectivity index (χ0v) is 13.6. The summed E-state index contributed by atoms with van der Waals surface area (Å²) in [6.45, 7) is 4.27. The van der Waals surface area contributed by atoms with Gasteiger partial charge in [-0.25, -0.2) is 0 Å². The second kappa shape index (κ2) is 6.97. The first-order chi connectivity index (χ1) is 11.2. The molecule has 0 aliphatic carbocycles. The Morgan fingerprint density at radius 3 is 2.00 bits per heavy atom. The smallest absolute Gasteiger partial charge is 0.0443 e. The number of para-hydroxylation sites is 1. The van der Waals surface area contributed by atoms with Crippen LogP contribution in [0.4, 0.5) is 11.4 Å². The van der Waals surface area contributed by atoms with E-state index in [1.165, 1.54) is 27.9 Å². The number of benzene rings is 3. The van der Waals surface area contributed by atoms with E-state index in [1.807, 2.05) is 6.07 Å². The average molecular weight is 299 g/mol. The van der Waals surface area contributed by atoms with Gasteiger partial charge in [-0.05, 0) is 48.2 Å². The first-order valence-corrected chi connectivity index (χ1v) is 7.89. The van der Waals surface area contributed by atoms with Gasteiger partial charge in [0.1, 0.15) is 0 Å². The molecule has 0 heterocycles. The molecule has 0 aliphatic rings. The molecule has 1 heteroatoms. The molecule has 0 spiro atoms. The van der Waals surface area contributed by atoms with Crippen LogP contribution in [0.1, 0.15) is 22.3 Å². The summed E-state index contributed by atoms with van der Waals surface area (Å²) in [5.74, 6) is 0. The van der Waals surface area contributed by atoms with E-state index in [0.29, 0.717) is 0 Å². The lowest BCUT2D eigenvalue weighted by Gasteiger charge is -2.13. The van der Waals surface area contributed by atoms with Gasteiger partial charge in [-0.3, -0.25) is 0 Å². The summed E-state index contributed by atoms with van der Waals surface area (Å²) in [4.78, 5) is 0. The molecule has 1 nitrogen and oxygen atoms in total. The fourth-order valence-corrected chi connectivity index (χ4v) is 2.63. The van der Waals surface area contributed by atoms with E-state index in [1.54, 1.807) is 0 Å². The van der Waals surface area contributed by atoms with Crippen molar-refractivity contribution in [1.82, 2.24) is 0 Å². The van der Waals surface area contributed by atoms with Gasteiger partial charge in [0.05, 0.1) is 0 Å². The Bertz CT molecular complexity index is 796. The number of aryl methyl sites for hydroxylation is 2. The lowest BCUT2D eigenvalue weighted by molar-refractivity contribution is 1.36. The third-order valence-electron chi connectivity index (χ3n) is 3.90. The Hall–Kier alpha value is -2.80. The average Bonchev–Trinajstić information content (AvgIpc) is 2.58. The minimum absolute atomic E-state index is 1.11. The molecule has 1 N–H and O–H groups in total. The van der Waals surface area contributed by atoms with Crippen LogP contribution in [0, 0.1) is 13.8 Å². The largest absolute Gasteiger partial charge is 0.355 e. The first-order valence-electron chi connectivity index (χ1n) is 7.89. The van der Waals surface area contributed by atoms with E-state index in [9.17, 15) is 0 Å². The zero-order chi connectivity index (χ0) is 16.1. The number of nitrogens with one attached hydrogen (secondary N) is 1. The van der Waals surface area contributed by atoms with Gasteiger partial charge >= 0.3 is 0 Å². The fraction of sp³-hybridized carbons (Fsp3) is 0.0909. The summed E-state index contributed by atoms with van der Waals surface area (Å²) in [6.07, 6.45) is 4.28.